The lowest BCUT2D eigenvalue weighted by molar-refractivity contribution is -0.121. The van der Waals surface area contributed by atoms with E-state index in [1.165, 1.54) is 10.9 Å². The summed E-state index contributed by atoms with van der Waals surface area (Å²) in [6, 6.07) is 9.79. The van der Waals surface area contributed by atoms with Gasteiger partial charge in [0.15, 0.2) is 5.65 Å². The second-order valence-electron chi connectivity index (χ2n) is 6.10. The van der Waals surface area contributed by atoms with E-state index in [0.29, 0.717) is 24.2 Å². The summed E-state index contributed by atoms with van der Waals surface area (Å²) in [7, 11) is 1.57. The molecule has 7 nitrogen and oxygen atoms in total. The molecule has 0 fully saturated rings. The van der Waals surface area contributed by atoms with Gasteiger partial charge in [-0.2, -0.15) is 0 Å². The zero-order valence-corrected chi connectivity index (χ0v) is 15.2. The van der Waals surface area contributed by atoms with Gasteiger partial charge in [-0.05, 0) is 31.5 Å². The molecular formula is C19H22N4O3. The van der Waals surface area contributed by atoms with Crippen LogP contribution in [0.5, 0.6) is 0 Å². The molecule has 0 saturated carbocycles. The first kappa shape index (κ1) is 17.9. The highest BCUT2D eigenvalue weighted by Gasteiger charge is 2.18. The highest BCUT2D eigenvalue weighted by atomic mass is 16.5. The third-order valence-corrected chi connectivity index (χ3v) is 4.44. The highest BCUT2D eigenvalue weighted by Crippen LogP contribution is 2.24. The molecule has 0 bridgehead atoms. The lowest BCUT2D eigenvalue weighted by Crippen LogP contribution is -2.34. The average Bonchev–Trinajstić information content (AvgIpc) is 2.90. The van der Waals surface area contributed by atoms with Crippen LogP contribution in [0.3, 0.4) is 0 Å². The molecule has 0 radical (unpaired) electrons. The minimum atomic E-state index is -0.248. The van der Waals surface area contributed by atoms with E-state index >= 15 is 0 Å². The standard InChI is InChI=1S/C19H22N4O3/c1-13-14(2)23(15-7-5-4-6-8-15)18-17(13)19(25)22(12-21-18)11-16(24)20-9-10-26-3/h4-8,12H,9-11H2,1-3H3,(H,20,24). The maximum absolute atomic E-state index is 12.9. The van der Waals surface area contributed by atoms with Gasteiger partial charge in [0.05, 0.1) is 12.0 Å². The Bertz CT molecular complexity index is 989. The molecule has 0 saturated heterocycles. The number of rotatable bonds is 6. The first-order valence-corrected chi connectivity index (χ1v) is 8.42. The SMILES string of the molecule is COCCNC(=O)Cn1cnc2c(c(C)c(C)n2-c2ccccc2)c1=O. The number of carbonyl (C=O) groups excluding carboxylic acids is 1. The number of methoxy groups -OCH3 is 1. The Kier molecular flexibility index (Phi) is 5.18. The van der Waals surface area contributed by atoms with Crippen molar-refractivity contribution in [1.29, 1.82) is 0 Å². The number of aryl methyl sites for hydroxylation is 1. The Morgan fingerprint density at radius 3 is 2.65 bits per heavy atom. The van der Waals surface area contributed by atoms with Gasteiger partial charge in [0.2, 0.25) is 5.91 Å². The fraction of sp³-hybridized carbons (Fsp3) is 0.316. The molecule has 2 heterocycles. The number of aromatic nitrogens is 3. The number of ether oxygens (including phenoxy) is 1. The monoisotopic (exact) mass is 354 g/mol. The van der Waals surface area contributed by atoms with Crippen molar-refractivity contribution in [2.24, 2.45) is 0 Å². The van der Waals surface area contributed by atoms with Gasteiger partial charge >= 0.3 is 0 Å². The van der Waals surface area contributed by atoms with Crippen LogP contribution in [0, 0.1) is 13.8 Å². The normalized spacial score (nSPS) is 11.0. The third kappa shape index (κ3) is 3.25. The summed E-state index contributed by atoms with van der Waals surface area (Å²) in [5, 5.41) is 3.25. The van der Waals surface area contributed by atoms with E-state index in [2.05, 4.69) is 10.3 Å². The fourth-order valence-corrected chi connectivity index (χ4v) is 2.99. The van der Waals surface area contributed by atoms with Gasteiger partial charge in [-0.3, -0.25) is 18.7 Å². The number of amides is 1. The van der Waals surface area contributed by atoms with Crippen molar-refractivity contribution >= 4 is 16.9 Å². The molecule has 26 heavy (non-hydrogen) atoms. The highest BCUT2D eigenvalue weighted by molar-refractivity contribution is 5.83. The van der Waals surface area contributed by atoms with Gasteiger partial charge < -0.3 is 10.1 Å². The van der Waals surface area contributed by atoms with Crippen molar-refractivity contribution in [3.63, 3.8) is 0 Å². The molecule has 0 aliphatic heterocycles. The number of benzene rings is 1. The summed E-state index contributed by atoms with van der Waals surface area (Å²) in [4.78, 5) is 29.4. The van der Waals surface area contributed by atoms with Crippen LogP contribution < -0.4 is 10.9 Å². The van der Waals surface area contributed by atoms with Gasteiger partial charge in [0, 0.05) is 25.0 Å². The molecule has 0 atom stereocenters. The van der Waals surface area contributed by atoms with Crippen molar-refractivity contribution in [2.75, 3.05) is 20.3 Å². The van der Waals surface area contributed by atoms with E-state index < -0.39 is 0 Å². The Labute approximate surface area is 151 Å². The minimum absolute atomic E-state index is 0.0690. The topological polar surface area (TPSA) is 78.2 Å². The van der Waals surface area contributed by atoms with Gasteiger partial charge in [0.25, 0.3) is 5.56 Å². The molecule has 0 unspecified atom stereocenters. The summed E-state index contributed by atoms with van der Waals surface area (Å²) < 4.78 is 8.21. The van der Waals surface area contributed by atoms with Crippen molar-refractivity contribution in [2.45, 2.75) is 20.4 Å². The predicted molar refractivity (Wildman–Crippen MR) is 99.7 cm³/mol. The summed E-state index contributed by atoms with van der Waals surface area (Å²) in [5.41, 5.74) is 3.16. The van der Waals surface area contributed by atoms with Crippen molar-refractivity contribution in [3.05, 3.63) is 58.3 Å². The summed E-state index contributed by atoms with van der Waals surface area (Å²) in [5.74, 6) is -0.248. The van der Waals surface area contributed by atoms with E-state index in [1.54, 1.807) is 7.11 Å². The zero-order valence-electron chi connectivity index (χ0n) is 15.2. The Morgan fingerprint density at radius 1 is 1.23 bits per heavy atom. The van der Waals surface area contributed by atoms with Crippen LogP contribution in [0.1, 0.15) is 11.3 Å². The van der Waals surface area contributed by atoms with E-state index in [4.69, 9.17) is 4.74 Å². The smallest absolute Gasteiger partial charge is 0.263 e. The van der Waals surface area contributed by atoms with Crippen LogP contribution in [-0.2, 0) is 16.1 Å². The molecule has 136 valence electrons. The summed E-state index contributed by atoms with van der Waals surface area (Å²) >= 11 is 0. The number of hydrogen-bond donors (Lipinski definition) is 1. The van der Waals surface area contributed by atoms with Crippen LogP contribution in [-0.4, -0.2) is 40.3 Å². The van der Waals surface area contributed by atoms with Gasteiger partial charge in [-0.25, -0.2) is 4.98 Å². The Morgan fingerprint density at radius 2 is 1.96 bits per heavy atom. The van der Waals surface area contributed by atoms with Crippen LogP contribution >= 0.6 is 0 Å². The van der Waals surface area contributed by atoms with Crippen LogP contribution in [0.2, 0.25) is 0 Å². The van der Waals surface area contributed by atoms with E-state index in [9.17, 15) is 9.59 Å². The number of nitrogens with zero attached hydrogens (tertiary/aromatic N) is 3. The average molecular weight is 354 g/mol. The zero-order chi connectivity index (χ0) is 18.7. The summed E-state index contributed by atoms with van der Waals surface area (Å²) in [6.45, 7) is 4.63. The number of para-hydroxylation sites is 1. The molecule has 0 aliphatic rings. The molecule has 0 aliphatic carbocycles. The van der Waals surface area contributed by atoms with Gasteiger partial charge in [0.1, 0.15) is 12.9 Å². The molecule has 3 rings (SSSR count). The predicted octanol–water partition coefficient (Wildman–Crippen LogP) is 1.57. The van der Waals surface area contributed by atoms with Crippen molar-refractivity contribution in [3.8, 4) is 5.69 Å². The van der Waals surface area contributed by atoms with Gasteiger partial charge in [-0.15, -0.1) is 0 Å². The molecule has 1 N–H and O–H groups in total. The van der Waals surface area contributed by atoms with Crippen molar-refractivity contribution in [1.82, 2.24) is 19.4 Å². The van der Waals surface area contributed by atoms with E-state index in [1.807, 2.05) is 48.7 Å². The summed E-state index contributed by atoms with van der Waals surface area (Å²) in [6.07, 6.45) is 1.43. The quantitative estimate of drug-likeness (QED) is 0.682. The second kappa shape index (κ2) is 7.53. The Balaban J connectivity index is 2.02. The first-order chi connectivity index (χ1) is 12.5. The number of hydrogen-bond acceptors (Lipinski definition) is 4. The number of fused-ring (bicyclic) bond motifs is 1. The fourth-order valence-electron chi connectivity index (χ4n) is 2.99. The Hall–Kier alpha value is -2.93. The van der Waals surface area contributed by atoms with Crippen LogP contribution in [0.25, 0.3) is 16.7 Å². The van der Waals surface area contributed by atoms with Crippen molar-refractivity contribution < 1.29 is 9.53 Å². The van der Waals surface area contributed by atoms with Gasteiger partial charge in [-0.1, -0.05) is 18.2 Å². The first-order valence-electron chi connectivity index (χ1n) is 8.42. The molecule has 3 aromatic rings. The number of carbonyl (C=O) groups is 1. The van der Waals surface area contributed by atoms with E-state index in [-0.39, 0.29) is 18.0 Å². The third-order valence-electron chi connectivity index (χ3n) is 4.44. The van der Waals surface area contributed by atoms with Crippen LogP contribution in [0.4, 0.5) is 0 Å². The lowest BCUT2D eigenvalue weighted by atomic mass is 10.2. The molecule has 7 heteroatoms. The molecule has 0 spiro atoms. The van der Waals surface area contributed by atoms with E-state index in [0.717, 1.165) is 16.9 Å². The maximum Gasteiger partial charge on any atom is 0.263 e. The largest absolute Gasteiger partial charge is 0.383 e. The number of nitrogens with one attached hydrogen (secondary N) is 1. The molecule has 1 aromatic carbocycles. The lowest BCUT2D eigenvalue weighted by Gasteiger charge is -2.09. The van der Waals surface area contributed by atoms with Crippen LogP contribution in [0.15, 0.2) is 41.5 Å². The molecular weight excluding hydrogens is 332 g/mol. The second-order valence-corrected chi connectivity index (χ2v) is 6.10. The maximum atomic E-state index is 12.9. The molecule has 1 amide bonds. The molecule has 2 aromatic heterocycles. The minimum Gasteiger partial charge on any atom is -0.383 e.